The number of hydrogen-bond acceptors (Lipinski definition) is 4. The quantitative estimate of drug-likeness (QED) is 0.733. The zero-order chi connectivity index (χ0) is 9.84. The molecule has 0 radical (unpaired) electrons. The van der Waals surface area contributed by atoms with E-state index in [2.05, 4.69) is 31.8 Å². The van der Waals surface area contributed by atoms with E-state index in [0.29, 0.717) is 9.61 Å². The predicted octanol–water partition coefficient (Wildman–Crippen LogP) is 0.687. The normalized spacial score (nSPS) is 9.38. The van der Waals surface area contributed by atoms with Gasteiger partial charge in [-0.2, -0.15) is 0 Å². The second kappa shape index (κ2) is 4.33. The number of aromatic nitrogens is 1. The summed E-state index contributed by atoms with van der Waals surface area (Å²) in [5.41, 5.74) is 4.37. The highest BCUT2D eigenvalue weighted by atomic mass is 79.9. The van der Waals surface area contributed by atoms with Crippen LogP contribution >= 0.6 is 27.3 Å². The van der Waals surface area contributed by atoms with Crippen molar-refractivity contribution in [3.05, 3.63) is 15.0 Å². The Morgan fingerprint density at radius 3 is 2.69 bits per heavy atom. The molecule has 0 atom stereocenters. The second-order valence-electron chi connectivity index (χ2n) is 2.11. The molecule has 1 rings (SSSR count). The minimum Gasteiger partial charge on any atom is -0.274 e. The van der Waals surface area contributed by atoms with E-state index in [0.717, 1.165) is 0 Å². The number of amides is 2. The van der Waals surface area contributed by atoms with Gasteiger partial charge in [0.2, 0.25) is 5.91 Å². The van der Waals surface area contributed by atoms with Crippen molar-refractivity contribution in [2.24, 2.45) is 0 Å². The van der Waals surface area contributed by atoms with Crippen LogP contribution < -0.4 is 10.9 Å². The molecule has 0 aromatic carbocycles. The maximum absolute atomic E-state index is 11.2. The predicted molar refractivity (Wildman–Crippen MR) is 51.1 cm³/mol. The second-order valence-corrected chi connectivity index (χ2v) is 3.78. The van der Waals surface area contributed by atoms with Crippen molar-refractivity contribution >= 4 is 39.1 Å². The van der Waals surface area contributed by atoms with Gasteiger partial charge in [-0.3, -0.25) is 20.4 Å². The van der Waals surface area contributed by atoms with Crippen LogP contribution in [-0.4, -0.2) is 16.8 Å². The van der Waals surface area contributed by atoms with Crippen LogP contribution in [0, 0.1) is 0 Å². The Hall–Kier alpha value is -0.950. The van der Waals surface area contributed by atoms with Crippen LogP contribution in [0.5, 0.6) is 0 Å². The summed E-state index contributed by atoms with van der Waals surface area (Å²) in [4.78, 5) is 25.5. The Labute approximate surface area is 86.6 Å². The zero-order valence-electron chi connectivity index (χ0n) is 6.63. The van der Waals surface area contributed by atoms with Gasteiger partial charge in [0.15, 0.2) is 5.01 Å². The highest BCUT2D eigenvalue weighted by Crippen LogP contribution is 2.14. The first kappa shape index (κ1) is 10.1. The molecule has 5 nitrogen and oxygen atoms in total. The molecule has 0 unspecified atom stereocenters. The van der Waals surface area contributed by atoms with Crippen LogP contribution in [0.1, 0.15) is 16.7 Å². The molecule has 7 heteroatoms. The lowest BCUT2D eigenvalue weighted by atomic mass is 10.6. The number of rotatable bonds is 1. The highest BCUT2D eigenvalue weighted by Gasteiger charge is 2.09. The Kier molecular flexibility index (Phi) is 3.38. The molecule has 1 aromatic heterocycles. The van der Waals surface area contributed by atoms with Crippen molar-refractivity contribution in [3.8, 4) is 0 Å². The third-order valence-electron chi connectivity index (χ3n) is 1.02. The fourth-order valence-electron chi connectivity index (χ4n) is 0.557. The minimum atomic E-state index is -0.425. The Morgan fingerprint density at radius 2 is 2.23 bits per heavy atom. The van der Waals surface area contributed by atoms with E-state index >= 15 is 0 Å². The first-order valence-electron chi connectivity index (χ1n) is 3.27. The molecule has 13 heavy (non-hydrogen) atoms. The summed E-state index contributed by atoms with van der Waals surface area (Å²) in [7, 11) is 0. The van der Waals surface area contributed by atoms with Crippen LogP contribution in [0.4, 0.5) is 0 Å². The van der Waals surface area contributed by atoms with Crippen LogP contribution in [0.3, 0.4) is 0 Å². The van der Waals surface area contributed by atoms with Gasteiger partial charge in [-0.25, -0.2) is 4.98 Å². The first-order chi connectivity index (χ1) is 6.09. The molecule has 2 amide bonds. The van der Waals surface area contributed by atoms with Crippen LogP contribution in [0.15, 0.2) is 9.98 Å². The SMILES string of the molecule is CC(=O)NNC(=O)c1nc(Br)cs1. The smallest absolute Gasteiger partial charge is 0.274 e. The largest absolute Gasteiger partial charge is 0.298 e. The number of carbonyl (C=O) groups excluding carboxylic acids is 2. The van der Waals surface area contributed by atoms with Gasteiger partial charge in [-0.1, -0.05) is 0 Å². The van der Waals surface area contributed by atoms with Crippen molar-refractivity contribution in [2.75, 3.05) is 0 Å². The van der Waals surface area contributed by atoms with E-state index in [1.807, 2.05) is 0 Å². The first-order valence-corrected chi connectivity index (χ1v) is 4.95. The Morgan fingerprint density at radius 1 is 1.54 bits per heavy atom. The van der Waals surface area contributed by atoms with Crippen molar-refractivity contribution in [3.63, 3.8) is 0 Å². The van der Waals surface area contributed by atoms with Crippen molar-refractivity contribution in [1.82, 2.24) is 15.8 Å². The summed E-state index contributed by atoms with van der Waals surface area (Å²) in [6.07, 6.45) is 0. The molecular weight excluding hydrogens is 258 g/mol. The van der Waals surface area contributed by atoms with Gasteiger partial charge in [-0.15, -0.1) is 11.3 Å². The van der Waals surface area contributed by atoms with Crippen molar-refractivity contribution < 1.29 is 9.59 Å². The fraction of sp³-hybridized carbons (Fsp3) is 0.167. The third kappa shape index (κ3) is 3.11. The topological polar surface area (TPSA) is 71.1 Å². The van der Waals surface area contributed by atoms with E-state index in [-0.39, 0.29) is 5.91 Å². The number of carbonyl (C=O) groups is 2. The average molecular weight is 264 g/mol. The maximum atomic E-state index is 11.2. The van der Waals surface area contributed by atoms with Gasteiger partial charge in [0.1, 0.15) is 4.60 Å². The van der Waals surface area contributed by atoms with E-state index in [1.54, 1.807) is 5.38 Å². The van der Waals surface area contributed by atoms with Crippen LogP contribution in [0.25, 0.3) is 0 Å². The van der Waals surface area contributed by atoms with E-state index in [4.69, 9.17) is 0 Å². The standard InChI is InChI=1S/C6H6BrN3O2S/c1-3(11)9-10-5(12)6-8-4(7)2-13-6/h2H,1H3,(H,9,11)(H,10,12). The molecule has 70 valence electrons. The van der Waals surface area contributed by atoms with Gasteiger partial charge in [0.25, 0.3) is 5.91 Å². The molecule has 0 aliphatic carbocycles. The summed E-state index contributed by atoms with van der Waals surface area (Å²) in [6.45, 7) is 1.30. The van der Waals surface area contributed by atoms with E-state index in [1.165, 1.54) is 18.3 Å². The minimum absolute atomic E-state index is 0.292. The molecule has 0 saturated carbocycles. The van der Waals surface area contributed by atoms with E-state index in [9.17, 15) is 9.59 Å². The monoisotopic (exact) mass is 263 g/mol. The Balaban J connectivity index is 2.54. The number of nitrogens with one attached hydrogen (secondary N) is 2. The summed E-state index contributed by atoms with van der Waals surface area (Å²) in [6, 6.07) is 0. The number of thiazole rings is 1. The van der Waals surface area contributed by atoms with Gasteiger partial charge >= 0.3 is 0 Å². The van der Waals surface area contributed by atoms with Gasteiger partial charge < -0.3 is 0 Å². The lowest BCUT2D eigenvalue weighted by Crippen LogP contribution is -2.40. The van der Waals surface area contributed by atoms with Crippen molar-refractivity contribution in [1.29, 1.82) is 0 Å². The lowest BCUT2D eigenvalue weighted by Gasteiger charge is -2.00. The average Bonchev–Trinajstić information content (AvgIpc) is 2.47. The zero-order valence-corrected chi connectivity index (χ0v) is 9.03. The summed E-state index contributed by atoms with van der Waals surface area (Å²) < 4.78 is 0.602. The number of nitrogens with zero attached hydrogens (tertiary/aromatic N) is 1. The molecule has 0 aliphatic heterocycles. The number of hydrogen-bond donors (Lipinski definition) is 2. The summed E-state index contributed by atoms with van der Waals surface area (Å²) in [5.74, 6) is -0.755. The maximum Gasteiger partial charge on any atom is 0.298 e. The summed E-state index contributed by atoms with van der Waals surface area (Å²) in [5, 5.41) is 1.98. The molecular formula is C6H6BrN3O2S. The van der Waals surface area contributed by atoms with Crippen LogP contribution in [0.2, 0.25) is 0 Å². The lowest BCUT2D eigenvalue weighted by molar-refractivity contribution is -0.119. The fourth-order valence-corrected chi connectivity index (χ4v) is 1.70. The molecule has 1 heterocycles. The molecule has 0 bridgehead atoms. The van der Waals surface area contributed by atoms with E-state index < -0.39 is 5.91 Å². The molecule has 0 saturated heterocycles. The number of hydrazine groups is 1. The molecule has 0 spiro atoms. The van der Waals surface area contributed by atoms with Gasteiger partial charge in [-0.05, 0) is 15.9 Å². The molecule has 0 fully saturated rings. The van der Waals surface area contributed by atoms with Crippen LogP contribution in [-0.2, 0) is 4.79 Å². The van der Waals surface area contributed by atoms with Gasteiger partial charge in [0.05, 0.1) is 0 Å². The summed E-state index contributed by atoms with van der Waals surface area (Å²) >= 11 is 4.30. The highest BCUT2D eigenvalue weighted by molar-refractivity contribution is 9.10. The molecule has 2 N–H and O–H groups in total. The molecule has 1 aromatic rings. The molecule has 0 aliphatic rings. The third-order valence-corrected chi connectivity index (χ3v) is 2.57. The Bertz CT molecular complexity index is 338. The number of halogens is 1. The van der Waals surface area contributed by atoms with Crippen molar-refractivity contribution in [2.45, 2.75) is 6.92 Å². The van der Waals surface area contributed by atoms with Gasteiger partial charge in [0, 0.05) is 12.3 Å².